The fourth-order valence-electron chi connectivity index (χ4n) is 7.89. The highest BCUT2D eigenvalue weighted by molar-refractivity contribution is 5.66. The summed E-state index contributed by atoms with van der Waals surface area (Å²) in [4.78, 5) is 23.0. The van der Waals surface area contributed by atoms with Gasteiger partial charge in [0.15, 0.2) is 0 Å². The first kappa shape index (κ1) is 21.9. The Balaban J connectivity index is 1.62. The number of hydrogen-bond acceptors (Lipinski definition) is 5. The van der Waals surface area contributed by atoms with Crippen molar-refractivity contribution < 1.29 is 24.2 Å². The number of allylic oxidation sites excluding steroid dienone is 1. The third-order valence-electron chi connectivity index (χ3n) is 9.38. The van der Waals surface area contributed by atoms with Crippen molar-refractivity contribution in [1.82, 2.24) is 0 Å². The van der Waals surface area contributed by atoms with Crippen LogP contribution in [0.2, 0.25) is 0 Å². The summed E-state index contributed by atoms with van der Waals surface area (Å²) in [5, 5.41) is 11.5. The van der Waals surface area contributed by atoms with E-state index in [-0.39, 0.29) is 40.9 Å². The van der Waals surface area contributed by atoms with Gasteiger partial charge in [-0.3, -0.25) is 9.59 Å². The zero-order valence-corrected chi connectivity index (χ0v) is 19.2. The minimum Gasteiger partial charge on any atom is -0.463 e. The Kier molecular flexibility index (Phi) is 5.57. The van der Waals surface area contributed by atoms with Crippen molar-refractivity contribution >= 4 is 11.9 Å². The van der Waals surface area contributed by atoms with Gasteiger partial charge in [-0.05, 0) is 75.5 Å². The van der Waals surface area contributed by atoms with Gasteiger partial charge in [0.05, 0.1) is 6.10 Å². The summed E-state index contributed by atoms with van der Waals surface area (Å²) in [5.41, 5.74) is 2.92. The number of carbonyl (C=O) groups excluding carboxylic acids is 2. The normalized spacial score (nSPS) is 43.9. The minimum absolute atomic E-state index is 0.0500. The standard InChI is InChI=1S/C25H38O5/c1-14(29-15(2)26)20-8-9-21-19-7-6-17-12-18(30-16(3)27)10-11-24(17,4)22(19)13-23(28)25(20,21)5/h14,17-18,20,22-23,28H,6-13H2,1-5H3/t14-,17-,18+,20-,22+,23+,24+,25-/m1/s1. The van der Waals surface area contributed by atoms with Crippen LogP contribution >= 0.6 is 0 Å². The summed E-state index contributed by atoms with van der Waals surface area (Å²) in [6.07, 6.45) is 7.39. The molecule has 0 saturated heterocycles. The first-order valence-corrected chi connectivity index (χ1v) is 11.8. The summed E-state index contributed by atoms with van der Waals surface area (Å²) in [6.45, 7) is 9.57. The summed E-state index contributed by atoms with van der Waals surface area (Å²) in [6, 6.07) is 0. The van der Waals surface area contributed by atoms with E-state index in [1.54, 1.807) is 5.57 Å². The third kappa shape index (κ3) is 3.32. The van der Waals surface area contributed by atoms with E-state index in [9.17, 15) is 14.7 Å². The van der Waals surface area contributed by atoms with Gasteiger partial charge in [-0.25, -0.2) is 0 Å². The number of hydrogen-bond donors (Lipinski definition) is 1. The number of carbonyl (C=O) groups is 2. The lowest BCUT2D eigenvalue weighted by Gasteiger charge is -2.58. The minimum atomic E-state index is -0.409. The molecular formula is C25H38O5. The summed E-state index contributed by atoms with van der Waals surface area (Å²) >= 11 is 0. The summed E-state index contributed by atoms with van der Waals surface area (Å²) in [7, 11) is 0. The topological polar surface area (TPSA) is 72.8 Å². The van der Waals surface area contributed by atoms with Crippen LogP contribution in [-0.4, -0.2) is 35.4 Å². The molecule has 8 atom stereocenters. The molecule has 0 spiro atoms. The van der Waals surface area contributed by atoms with Crippen molar-refractivity contribution in [3.63, 3.8) is 0 Å². The quantitative estimate of drug-likeness (QED) is 0.537. The third-order valence-corrected chi connectivity index (χ3v) is 9.38. The van der Waals surface area contributed by atoms with E-state index >= 15 is 0 Å². The molecule has 0 aromatic carbocycles. The van der Waals surface area contributed by atoms with Crippen molar-refractivity contribution in [2.75, 3.05) is 0 Å². The van der Waals surface area contributed by atoms with Crippen LogP contribution in [0.25, 0.3) is 0 Å². The molecule has 3 fully saturated rings. The van der Waals surface area contributed by atoms with Crippen LogP contribution in [-0.2, 0) is 19.1 Å². The van der Waals surface area contributed by atoms with Crippen LogP contribution in [0.3, 0.4) is 0 Å². The smallest absolute Gasteiger partial charge is 0.302 e. The van der Waals surface area contributed by atoms with Gasteiger partial charge in [0.1, 0.15) is 12.2 Å². The molecule has 4 rings (SSSR count). The molecule has 4 aliphatic carbocycles. The van der Waals surface area contributed by atoms with E-state index in [1.165, 1.54) is 19.4 Å². The fourth-order valence-corrected chi connectivity index (χ4v) is 7.89. The number of aliphatic hydroxyl groups is 1. The van der Waals surface area contributed by atoms with E-state index in [0.717, 1.165) is 51.4 Å². The molecule has 3 saturated carbocycles. The Labute approximate surface area is 180 Å². The maximum absolute atomic E-state index is 11.5. The molecule has 168 valence electrons. The largest absolute Gasteiger partial charge is 0.463 e. The van der Waals surface area contributed by atoms with Crippen LogP contribution in [0.15, 0.2) is 11.1 Å². The predicted molar refractivity (Wildman–Crippen MR) is 113 cm³/mol. The van der Waals surface area contributed by atoms with Gasteiger partial charge in [-0.2, -0.15) is 0 Å². The molecule has 0 heterocycles. The maximum atomic E-state index is 11.5. The second-order valence-electron chi connectivity index (χ2n) is 10.8. The van der Waals surface area contributed by atoms with Crippen LogP contribution in [0.4, 0.5) is 0 Å². The van der Waals surface area contributed by atoms with Crippen LogP contribution in [0.5, 0.6) is 0 Å². The number of rotatable bonds is 3. The zero-order valence-electron chi connectivity index (χ0n) is 19.2. The molecule has 30 heavy (non-hydrogen) atoms. The van der Waals surface area contributed by atoms with Gasteiger partial charge in [-0.15, -0.1) is 0 Å². The first-order chi connectivity index (χ1) is 14.1. The molecule has 1 N–H and O–H groups in total. The average molecular weight is 419 g/mol. The second-order valence-corrected chi connectivity index (χ2v) is 10.8. The SMILES string of the molecule is CC(=O)O[C@H]1CC[C@@]2(C)[C@H](CCC3=C4CC[C@H]([C@@H](C)OC(C)=O)[C@@]4(C)[C@@H](O)C[C@@H]32)C1. The van der Waals surface area contributed by atoms with E-state index < -0.39 is 6.10 Å². The molecule has 5 nitrogen and oxygen atoms in total. The first-order valence-electron chi connectivity index (χ1n) is 11.8. The summed E-state index contributed by atoms with van der Waals surface area (Å²) < 4.78 is 11.1. The van der Waals surface area contributed by atoms with Gasteiger partial charge in [0.25, 0.3) is 0 Å². The fraction of sp³-hybridized carbons (Fsp3) is 0.840. The van der Waals surface area contributed by atoms with E-state index in [1.807, 2.05) is 6.92 Å². The number of fused-ring (bicyclic) bond motifs is 4. The molecule has 0 radical (unpaired) electrons. The van der Waals surface area contributed by atoms with Gasteiger partial charge < -0.3 is 14.6 Å². The highest BCUT2D eigenvalue weighted by Crippen LogP contribution is 2.65. The number of aliphatic hydroxyl groups excluding tert-OH is 1. The number of esters is 2. The van der Waals surface area contributed by atoms with Gasteiger partial charge in [0.2, 0.25) is 0 Å². The lowest BCUT2D eigenvalue weighted by Crippen LogP contribution is -2.53. The van der Waals surface area contributed by atoms with Gasteiger partial charge in [0, 0.05) is 25.2 Å². The molecule has 0 aromatic rings. The predicted octanol–water partition coefficient (Wildman–Crippen LogP) is 4.56. The molecular weight excluding hydrogens is 380 g/mol. The monoisotopic (exact) mass is 418 g/mol. The number of ether oxygens (including phenoxy) is 2. The highest BCUT2D eigenvalue weighted by atomic mass is 16.5. The molecule has 4 aliphatic rings. The zero-order chi connectivity index (χ0) is 21.8. The molecule has 0 amide bonds. The Morgan fingerprint density at radius 3 is 2.47 bits per heavy atom. The lowest BCUT2D eigenvalue weighted by atomic mass is 9.48. The summed E-state index contributed by atoms with van der Waals surface area (Å²) in [5.74, 6) is 0.706. The highest BCUT2D eigenvalue weighted by Gasteiger charge is 2.59. The molecule has 5 heteroatoms. The van der Waals surface area contributed by atoms with Crippen molar-refractivity contribution in [2.45, 2.75) is 104 Å². The molecule has 0 bridgehead atoms. The molecule has 0 unspecified atom stereocenters. The van der Waals surface area contributed by atoms with Crippen molar-refractivity contribution in [3.05, 3.63) is 11.1 Å². The Bertz CT molecular complexity index is 757. The van der Waals surface area contributed by atoms with Crippen molar-refractivity contribution in [1.29, 1.82) is 0 Å². The van der Waals surface area contributed by atoms with E-state index in [0.29, 0.717) is 11.8 Å². The molecule has 0 aromatic heterocycles. The maximum Gasteiger partial charge on any atom is 0.302 e. The second kappa shape index (κ2) is 7.65. The Morgan fingerprint density at radius 2 is 1.80 bits per heavy atom. The van der Waals surface area contributed by atoms with Crippen molar-refractivity contribution in [2.24, 2.45) is 28.6 Å². The van der Waals surface area contributed by atoms with E-state index in [4.69, 9.17) is 9.47 Å². The average Bonchev–Trinajstić information content (AvgIpc) is 3.01. The van der Waals surface area contributed by atoms with Gasteiger partial charge >= 0.3 is 11.9 Å². The van der Waals surface area contributed by atoms with Crippen LogP contribution in [0, 0.1) is 28.6 Å². The Morgan fingerprint density at radius 1 is 1.07 bits per heavy atom. The van der Waals surface area contributed by atoms with E-state index in [2.05, 4.69) is 13.8 Å². The van der Waals surface area contributed by atoms with Crippen molar-refractivity contribution in [3.8, 4) is 0 Å². The lowest BCUT2D eigenvalue weighted by molar-refractivity contribution is -0.155. The Hall–Kier alpha value is -1.36. The molecule has 0 aliphatic heterocycles. The van der Waals surface area contributed by atoms with Crippen LogP contribution in [0.1, 0.15) is 86.0 Å². The van der Waals surface area contributed by atoms with Gasteiger partial charge in [-0.1, -0.05) is 25.0 Å². The van der Waals surface area contributed by atoms with Crippen LogP contribution < -0.4 is 0 Å².